The van der Waals surface area contributed by atoms with E-state index in [1.165, 1.54) is 12.5 Å². The Hall–Kier alpha value is -1.51. The van der Waals surface area contributed by atoms with Crippen molar-refractivity contribution < 1.29 is 13.5 Å². The van der Waals surface area contributed by atoms with Crippen LogP contribution in [0.3, 0.4) is 0 Å². The van der Waals surface area contributed by atoms with Crippen LogP contribution in [-0.4, -0.2) is 9.97 Å². The lowest BCUT2D eigenvalue weighted by Crippen LogP contribution is -1.97. The number of nitrogens with two attached hydrogens (primary N) is 1. The van der Waals surface area contributed by atoms with Crippen molar-refractivity contribution in [3.8, 4) is 11.6 Å². The van der Waals surface area contributed by atoms with Crippen molar-refractivity contribution in [2.24, 2.45) is 0 Å². The molecule has 21 heavy (non-hydrogen) atoms. The summed E-state index contributed by atoms with van der Waals surface area (Å²) in [5, 5.41) is 0. The van der Waals surface area contributed by atoms with Gasteiger partial charge in [-0.05, 0) is 22.6 Å². The summed E-state index contributed by atoms with van der Waals surface area (Å²) >= 11 is 1.92. The summed E-state index contributed by atoms with van der Waals surface area (Å²) in [5.74, 6) is -1.61. The van der Waals surface area contributed by atoms with Gasteiger partial charge in [0.2, 0.25) is 5.88 Å². The van der Waals surface area contributed by atoms with E-state index in [0.29, 0.717) is 3.57 Å². The molecule has 2 aromatic rings. The molecule has 4 nitrogen and oxygen atoms in total. The first kappa shape index (κ1) is 19.5. The molecule has 0 saturated heterocycles. The maximum absolute atomic E-state index is 13.4. The number of hydrogen-bond donors (Lipinski definition) is 1. The highest BCUT2D eigenvalue weighted by Gasteiger charge is 2.12. The van der Waals surface area contributed by atoms with Crippen molar-refractivity contribution >= 4 is 28.3 Å². The van der Waals surface area contributed by atoms with Crippen LogP contribution in [0.2, 0.25) is 0 Å². The molecule has 0 spiro atoms. The lowest BCUT2D eigenvalue weighted by molar-refractivity contribution is 0.419. The molecular formula is C14H18F2IN3O. The number of aromatic nitrogens is 2. The monoisotopic (exact) mass is 409 g/mol. The van der Waals surface area contributed by atoms with Crippen LogP contribution >= 0.6 is 22.6 Å². The molecule has 0 amide bonds. The molecule has 0 aliphatic rings. The van der Waals surface area contributed by atoms with Gasteiger partial charge >= 0.3 is 0 Å². The lowest BCUT2D eigenvalue weighted by Gasteiger charge is -2.07. The van der Waals surface area contributed by atoms with Gasteiger partial charge in [-0.1, -0.05) is 27.7 Å². The number of nitrogen functional groups attached to an aromatic ring is 1. The van der Waals surface area contributed by atoms with Crippen LogP contribution in [-0.2, 0) is 0 Å². The minimum absolute atomic E-state index is 0.156. The van der Waals surface area contributed by atoms with Crippen LogP contribution in [0, 0.1) is 15.2 Å². The summed E-state index contributed by atoms with van der Waals surface area (Å²) in [6.07, 6.45) is 2.75. The predicted molar refractivity (Wildman–Crippen MR) is 88.3 cm³/mol. The molecule has 7 heteroatoms. The third-order valence-corrected chi connectivity index (χ3v) is 2.63. The topological polar surface area (TPSA) is 61.0 Å². The number of hydrogen-bond acceptors (Lipinski definition) is 4. The van der Waals surface area contributed by atoms with Crippen LogP contribution < -0.4 is 10.5 Å². The minimum atomic E-state index is -0.752. The highest BCUT2D eigenvalue weighted by molar-refractivity contribution is 14.1. The second-order valence-corrected chi connectivity index (χ2v) is 4.24. The molecule has 2 rings (SSSR count). The zero-order valence-electron chi connectivity index (χ0n) is 12.3. The lowest BCUT2D eigenvalue weighted by atomic mass is 10.3. The van der Waals surface area contributed by atoms with Crippen LogP contribution in [0.1, 0.15) is 27.7 Å². The summed E-state index contributed by atoms with van der Waals surface area (Å²) in [4.78, 5) is 7.56. The molecule has 1 aromatic carbocycles. The van der Waals surface area contributed by atoms with E-state index < -0.39 is 11.6 Å². The second kappa shape index (κ2) is 10.3. The highest BCUT2D eigenvalue weighted by Crippen LogP contribution is 2.28. The van der Waals surface area contributed by atoms with Crippen LogP contribution in [0.4, 0.5) is 14.5 Å². The van der Waals surface area contributed by atoms with Crippen molar-refractivity contribution in [1.29, 1.82) is 0 Å². The minimum Gasteiger partial charge on any atom is -0.435 e. The summed E-state index contributed by atoms with van der Waals surface area (Å²) in [6.45, 7) is 8.00. The largest absolute Gasteiger partial charge is 0.435 e. The zero-order valence-corrected chi connectivity index (χ0v) is 14.5. The van der Waals surface area contributed by atoms with Gasteiger partial charge in [-0.2, -0.15) is 0 Å². The average Bonchev–Trinajstić information content (AvgIpc) is 2.51. The third-order valence-electron chi connectivity index (χ3n) is 1.89. The Morgan fingerprint density at radius 1 is 1.10 bits per heavy atom. The Morgan fingerprint density at radius 2 is 1.71 bits per heavy atom. The Kier molecular flexibility index (Phi) is 9.51. The zero-order chi connectivity index (χ0) is 16.4. The standard InChI is InChI=1S/C10H6F2IN3O.2C2H6/c11-5-2-9(6(12)1-8(5)14)17-10-7(13)3-15-4-16-10;2*1-2/h1-4H,14H2;2*1-2H3. The smallest absolute Gasteiger partial charge is 0.235 e. The maximum atomic E-state index is 13.4. The van der Waals surface area contributed by atoms with E-state index in [0.717, 1.165) is 12.1 Å². The summed E-state index contributed by atoms with van der Waals surface area (Å²) in [6, 6.07) is 1.74. The number of benzene rings is 1. The van der Waals surface area contributed by atoms with E-state index in [-0.39, 0.29) is 17.3 Å². The van der Waals surface area contributed by atoms with Crippen molar-refractivity contribution in [3.05, 3.63) is 39.9 Å². The van der Waals surface area contributed by atoms with E-state index in [1.54, 1.807) is 0 Å². The molecule has 0 bridgehead atoms. The fourth-order valence-electron chi connectivity index (χ4n) is 1.10. The van der Waals surface area contributed by atoms with Gasteiger partial charge in [-0.15, -0.1) is 0 Å². The molecule has 0 aliphatic carbocycles. The summed E-state index contributed by atoms with van der Waals surface area (Å²) in [5.41, 5.74) is 4.94. The normalized spacial score (nSPS) is 8.90. The molecule has 0 fully saturated rings. The van der Waals surface area contributed by atoms with Crippen molar-refractivity contribution in [3.63, 3.8) is 0 Å². The Labute approximate surface area is 136 Å². The molecule has 0 unspecified atom stereocenters. The molecular weight excluding hydrogens is 391 g/mol. The molecule has 2 N–H and O–H groups in total. The fourth-order valence-corrected chi connectivity index (χ4v) is 1.51. The molecule has 0 saturated carbocycles. The number of rotatable bonds is 2. The van der Waals surface area contributed by atoms with Crippen LogP contribution in [0.25, 0.3) is 0 Å². The van der Waals surface area contributed by atoms with Gasteiger partial charge in [0.1, 0.15) is 12.1 Å². The summed E-state index contributed by atoms with van der Waals surface area (Å²) < 4.78 is 32.3. The van der Waals surface area contributed by atoms with Crippen LogP contribution in [0.5, 0.6) is 11.6 Å². The molecule has 0 atom stereocenters. The van der Waals surface area contributed by atoms with Gasteiger partial charge in [-0.25, -0.2) is 18.7 Å². The first-order valence-electron chi connectivity index (χ1n) is 6.46. The van der Waals surface area contributed by atoms with Gasteiger partial charge in [0, 0.05) is 18.3 Å². The Morgan fingerprint density at radius 3 is 2.29 bits per heavy atom. The van der Waals surface area contributed by atoms with Crippen molar-refractivity contribution in [2.45, 2.75) is 27.7 Å². The number of halogens is 3. The average molecular weight is 409 g/mol. The first-order chi connectivity index (χ1) is 10.1. The molecule has 0 aliphatic heterocycles. The highest BCUT2D eigenvalue weighted by atomic mass is 127. The molecule has 1 aromatic heterocycles. The molecule has 116 valence electrons. The third kappa shape index (κ3) is 5.78. The second-order valence-electron chi connectivity index (χ2n) is 3.08. The van der Waals surface area contributed by atoms with Gasteiger partial charge in [0.15, 0.2) is 11.6 Å². The first-order valence-corrected chi connectivity index (χ1v) is 7.53. The number of ether oxygens (including phenoxy) is 1. The fraction of sp³-hybridized carbons (Fsp3) is 0.286. The predicted octanol–water partition coefficient (Wildman–Crippen LogP) is 4.79. The van der Waals surface area contributed by atoms with E-state index in [4.69, 9.17) is 10.5 Å². The number of anilines is 1. The Balaban J connectivity index is 0.000000921. The van der Waals surface area contributed by atoms with E-state index >= 15 is 0 Å². The van der Waals surface area contributed by atoms with Crippen LogP contribution in [0.15, 0.2) is 24.7 Å². The van der Waals surface area contributed by atoms with Gasteiger partial charge in [-0.3, -0.25) is 0 Å². The molecule has 0 radical (unpaired) electrons. The van der Waals surface area contributed by atoms with E-state index in [9.17, 15) is 8.78 Å². The van der Waals surface area contributed by atoms with Gasteiger partial charge in [0.25, 0.3) is 0 Å². The summed E-state index contributed by atoms with van der Waals surface area (Å²) in [7, 11) is 0. The van der Waals surface area contributed by atoms with E-state index in [2.05, 4.69) is 9.97 Å². The van der Waals surface area contributed by atoms with E-state index in [1.807, 2.05) is 50.3 Å². The van der Waals surface area contributed by atoms with Crippen molar-refractivity contribution in [1.82, 2.24) is 9.97 Å². The maximum Gasteiger partial charge on any atom is 0.235 e. The Bertz CT molecular complexity index is 568. The van der Waals surface area contributed by atoms with Gasteiger partial charge in [0.05, 0.1) is 9.26 Å². The quantitative estimate of drug-likeness (QED) is 0.573. The number of nitrogens with zero attached hydrogens (tertiary/aromatic N) is 2. The molecule has 1 heterocycles. The SMILES string of the molecule is CC.CC.Nc1cc(F)c(Oc2ncncc2I)cc1F. The van der Waals surface area contributed by atoms with Crippen molar-refractivity contribution in [2.75, 3.05) is 5.73 Å². The van der Waals surface area contributed by atoms with Gasteiger partial charge < -0.3 is 10.5 Å².